The molecule has 1 fully saturated rings. The first-order valence-corrected chi connectivity index (χ1v) is 9.49. The van der Waals surface area contributed by atoms with Gasteiger partial charge in [-0.05, 0) is 30.5 Å². The molecule has 2 rings (SSSR count). The van der Waals surface area contributed by atoms with Crippen LogP contribution in [0.4, 0.5) is 17.6 Å². The number of benzene rings is 1. The molecule has 1 aromatic carbocycles. The molecule has 1 aromatic rings. The molecule has 0 spiro atoms. The quantitative estimate of drug-likeness (QED) is 0.396. The summed E-state index contributed by atoms with van der Waals surface area (Å²) in [6.45, 7) is -0.294. The van der Waals surface area contributed by atoms with Gasteiger partial charge in [0.05, 0.1) is 0 Å². The summed E-state index contributed by atoms with van der Waals surface area (Å²) in [4.78, 5) is 3.98. The maximum Gasteiger partial charge on any atom is 0.511 e. The Labute approximate surface area is 154 Å². The van der Waals surface area contributed by atoms with E-state index in [2.05, 4.69) is 15.6 Å². The second-order valence-electron chi connectivity index (χ2n) is 5.98. The normalized spacial score (nSPS) is 17.7. The summed E-state index contributed by atoms with van der Waals surface area (Å²) in [6.07, 6.45) is 0.369. The number of nitrogens with zero attached hydrogens (tertiary/aromatic N) is 2. The summed E-state index contributed by atoms with van der Waals surface area (Å²) in [6, 6.07) is 3.65. The van der Waals surface area contributed by atoms with E-state index in [-0.39, 0.29) is 38.5 Å². The zero-order valence-corrected chi connectivity index (χ0v) is 15.2. The average Bonchev–Trinajstić information content (AvgIpc) is 2.61. The van der Waals surface area contributed by atoms with Gasteiger partial charge in [0.2, 0.25) is 0 Å². The van der Waals surface area contributed by atoms with Gasteiger partial charge in [0.25, 0.3) is 0 Å². The Bertz CT molecular complexity index is 791. The average molecular weight is 412 g/mol. The monoisotopic (exact) mass is 412 g/mol. The molecule has 0 bridgehead atoms. The van der Waals surface area contributed by atoms with Crippen molar-refractivity contribution in [1.29, 1.82) is 0 Å². The summed E-state index contributed by atoms with van der Waals surface area (Å²) >= 11 is 0. The molecule has 0 aliphatic carbocycles. The third-order valence-corrected chi connectivity index (χ3v) is 5.75. The zero-order valence-electron chi connectivity index (χ0n) is 14.4. The summed E-state index contributed by atoms with van der Waals surface area (Å²) in [5, 5.41) is 15.1. The van der Waals surface area contributed by atoms with Crippen LogP contribution in [0.25, 0.3) is 0 Å². The fourth-order valence-corrected chi connectivity index (χ4v) is 3.61. The van der Waals surface area contributed by atoms with Gasteiger partial charge < -0.3 is 15.7 Å². The second-order valence-corrected chi connectivity index (χ2v) is 7.91. The van der Waals surface area contributed by atoms with Gasteiger partial charge in [-0.3, -0.25) is 4.99 Å². The number of piperidine rings is 1. The molecule has 27 heavy (non-hydrogen) atoms. The first-order valence-electron chi connectivity index (χ1n) is 8.05. The Morgan fingerprint density at radius 2 is 1.96 bits per heavy atom. The van der Waals surface area contributed by atoms with Crippen LogP contribution in [-0.4, -0.2) is 55.5 Å². The molecule has 0 aromatic heterocycles. The molecule has 1 aliphatic heterocycles. The maximum atomic E-state index is 13.3. The van der Waals surface area contributed by atoms with Crippen molar-refractivity contribution in [2.75, 3.05) is 20.1 Å². The lowest BCUT2D eigenvalue weighted by molar-refractivity contribution is -0.0494. The molecule has 12 heteroatoms. The number of hydrogen-bond donors (Lipinski definition) is 3. The molecule has 3 N–H and O–H groups in total. The Hall–Kier alpha value is -2.08. The molecule has 1 saturated heterocycles. The lowest BCUT2D eigenvalue weighted by atomic mass is 10.1. The van der Waals surface area contributed by atoms with E-state index in [1.54, 1.807) is 0 Å². The highest BCUT2D eigenvalue weighted by Crippen LogP contribution is 2.28. The third kappa shape index (κ3) is 5.22. The van der Waals surface area contributed by atoms with Crippen molar-refractivity contribution in [2.24, 2.45) is 4.99 Å². The van der Waals surface area contributed by atoms with Crippen LogP contribution in [-0.2, 0) is 16.6 Å². The van der Waals surface area contributed by atoms with E-state index < -0.39 is 27.1 Å². The molecule has 7 nitrogen and oxygen atoms in total. The Kier molecular flexibility index (Phi) is 6.52. The van der Waals surface area contributed by atoms with E-state index in [4.69, 9.17) is 5.11 Å². The molecular weight excluding hydrogens is 392 g/mol. The fraction of sp³-hybridized carbons (Fsp3) is 0.533. The highest BCUT2D eigenvalue weighted by Gasteiger charge is 2.50. The SMILES string of the molecule is CN=C(NCc1ccc(O)c(F)c1)NC1CCN(S(=O)(=O)C(F)(F)F)CC1. The van der Waals surface area contributed by atoms with Crippen LogP contribution in [0.3, 0.4) is 0 Å². The fourth-order valence-electron chi connectivity index (χ4n) is 2.62. The highest BCUT2D eigenvalue weighted by molar-refractivity contribution is 7.90. The van der Waals surface area contributed by atoms with Gasteiger partial charge in [-0.15, -0.1) is 0 Å². The van der Waals surface area contributed by atoms with Gasteiger partial charge in [0, 0.05) is 32.7 Å². The van der Waals surface area contributed by atoms with Gasteiger partial charge in [-0.1, -0.05) is 6.07 Å². The number of aromatic hydroxyl groups is 1. The summed E-state index contributed by atoms with van der Waals surface area (Å²) in [7, 11) is -3.81. The van der Waals surface area contributed by atoms with Crippen molar-refractivity contribution in [3.63, 3.8) is 0 Å². The van der Waals surface area contributed by atoms with Crippen LogP contribution < -0.4 is 10.6 Å². The molecule has 1 heterocycles. The molecular formula is C15H20F4N4O3S. The number of nitrogens with one attached hydrogen (secondary N) is 2. The lowest BCUT2D eigenvalue weighted by Gasteiger charge is -2.32. The summed E-state index contributed by atoms with van der Waals surface area (Å²) in [5.74, 6) is -0.863. The number of sulfonamides is 1. The van der Waals surface area contributed by atoms with Gasteiger partial charge in [0.1, 0.15) is 0 Å². The van der Waals surface area contributed by atoms with E-state index in [0.717, 1.165) is 6.07 Å². The van der Waals surface area contributed by atoms with Crippen molar-refractivity contribution >= 4 is 16.0 Å². The Balaban J connectivity index is 1.87. The molecule has 0 unspecified atom stereocenters. The summed E-state index contributed by atoms with van der Waals surface area (Å²) < 4.78 is 74.3. The summed E-state index contributed by atoms with van der Waals surface area (Å²) in [5.41, 5.74) is -4.75. The third-order valence-electron chi connectivity index (χ3n) is 4.12. The van der Waals surface area contributed by atoms with E-state index in [9.17, 15) is 26.0 Å². The molecule has 152 valence electrons. The minimum absolute atomic E-state index is 0.184. The number of alkyl halides is 3. The number of rotatable bonds is 4. The number of phenols is 1. The Morgan fingerprint density at radius 1 is 1.33 bits per heavy atom. The predicted molar refractivity (Wildman–Crippen MR) is 91.0 cm³/mol. The lowest BCUT2D eigenvalue weighted by Crippen LogP contribution is -2.51. The minimum Gasteiger partial charge on any atom is -0.505 e. The van der Waals surface area contributed by atoms with Crippen molar-refractivity contribution in [3.05, 3.63) is 29.6 Å². The van der Waals surface area contributed by atoms with Gasteiger partial charge in [-0.2, -0.15) is 17.5 Å². The van der Waals surface area contributed by atoms with Gasteiger partial charge in [-0.25, -0.2) is 12.8 Å². The largest absolute Gasteiger partial charge is 0.511 e. The van der Waals surface area contributed by atoms with Gasteiger partial charge in [0.15, 0.2) is 17.5 Å². The second kappa shape index (κ2) is 8.30. The molecule has 0 saturated carbocycles. The number of hydrogen-bond acceptors (Lipinski definition) is 4. The van der Waals surface area contributed by atoms with Crippen LogP contribution in [0.1, 0.15) is 18.4 Å². The van der Waals surface area contributed by atoms with Crippen LogP contribution in [0.5, 0.6) is 5.75 Å². The first kappa shape index (κ1) is 21.2. The predicted octanol–water partition coefficient (Wildman–Crippen LogP) is 1.51. The van der Waals surface area contributed by atoms with Crippen LogP contribution >= 0.6 is 0 Å². The molecule has 1 aliphatic rings. The van der Waals surface area contributed by atoms with Gasteiger partial charge >= 0.3 is 15.5 Å². The van der Waals surface area contributed by atoms with E-state index in [1.807, 2.05) is 0 Å². The first-order chi connectivity index (χ1) is 12.5. The van der Waals surface area contributed by atoms with Crippen LogP contribution in [0.2, 0.25) is 0 Å². The van der Waals surface area contributed by atoms with Crippen LogP contribution in [0, 0.1) is 5.82 Å². The van der Waals surface area contributed by atoms with E-state index in [1.165, 1.54) is 19.2 Å². The number of aliphatic imine (C=N–C) groups is 1. The number of halogens is 4. The molecule has 0 amide bonds. The smallest absolute Gasteiger partial charge is 0.505 e. The molecule has 0 radical (unpaired) electrons. The maximum absolute atomic E-state index is 13.3. The van der Waals surface area contributed by atoms with E-state index in [0.29, 0.717) is 15.8 Å². The zero-order chi connectivity index (χ0) is 20.2. The van der Waals surface area contributed by atoms with Crippen molar-refractivity contribution in [3.8, 4) is 5.75 Å². The van der Waals surface area contributed by atoms with Crippen molar-refractivity contribution in [1.82, 2.24) is 14.9 Å². The standard InChI is InChI=1S/C15H20F4N4O3S/c1-20-14(21-9-10-2-3-13(24)12(16)8-10)22-11-4-6-23(7-5-11)27(25,26)15(17,18)19/h2-3,8,11,24H,4-7,9H2,1H3,(H2,20,21,22). The van der Waals surface area contributed by atoms with Crippen molar-refractivity contribution in [2.45, 2.75) is 30.9 Å². The Morgan fingerprint density at radius 3 is 2.48 bits per heavy atom. The van der Waals surface area contributed by atoms with Crippen molar-refractivity contribution < 1.29 is 31.1 Å². The number of guanidine groups is 1. The molecule has 0 atom stereocenters. The minimum atomic E-state index is -5.31. The highest BCUT2D eigenvalue weighted by atomic mass is 32.2. The van der Waals surface area contributed by atoms with Crippen LogP contribution in [0.15, 0.2) is 23.2 Å². The number of phenolic OH excluding ortho intramolecular Hbond substituents is 1. The van der Waals surface area contributed by atoms with E-state index >= 15 is 0 Å². The topological polar surface area (TPSA) is 94.0 Å².